The fourth-order valence-electron chi connectivity index (χ4n) is 2.92. The summed E-state index contributed by atoms with van der Waals surface area (Å²) in [5.74, 6) is -1.42. The average molecular weight is 601 g/mol. The molecule has 3 aromatic carbocycles. The van der Waals surface area contributed by atoms with Crippen molar-refractivity contribution in [2.45, 2.75) is 17.6 Å². The van der Waals surface area contributed by atoms with E-state index in [1.54, 1.807) is 0 Å². The van der Waals surface area contributed by atoms with Crippen LogP contribution in [0.1, 0.15) is 0 Å². The van der Waals surface area contributed by atoms with Crippen LogP contribution in [0.15, 0.2) is 76.1 Å². The molecule has 0 aromatic heterocycles. The van der Waals surface area contributed by atoms with Crippen molar-refractivity contribution in [2.24, 2.45) is 0 Å². The lowest BCUT2D eigenvalue weighted by atomic mass is 10.2. The highest BCUT2D eigenvalue weighted by Gasteiger charge is 2.35. The first-order chi connectivity index (χ1) is 16.6. The van der Waals surface area contributed by atoms with Gasteiger partial charge in [0.05, 0.1) is 15.5 Å². The van der Waals surface area contributed by atoms with Gasteiger partial charge in [-0.25, -0.2) is 12.7 Å². The Morgan fingerprint density at radius 3 is 1.72 bits per heavy atom. The molecule has 8 nitrogen and oxygen atoms in total. The molecule has 0 amide bonds. The van der Waals surface area contributed by atoms with Crippen LogP contribution in [0.5, 0.6) is 11.5 Å². The van der Waals surface area contributed by atoms with Crippen LogP contribution < -0.4 is 13.8 Å². The number of halogens is 7. The summed E-state index contributed by atoms with van der Waals surface area (Å²) >= 11 is 3.03. The molecule has 0 N–H and O–H groups in total. The Morgan fingerprint density at radius 1 is 0.806 bits per heavy atom. The van der Waals surface area contributed by atoms with Gasteiger partial charge < -0.3 is 9.47 Å². The Kier molecular flexibility index (Phi) is 7.40. The van der Waals surface area contributed by atoms with Crippen LogP contribution >= 0.6 is 15.9 Å². The molecule has 0 bridgehead atoms. The molecular weight excluding hydrogens is 590 g/mol. The lowest BCUT2D eigenvalue weighted by molar-refractivity contribution is -0.384. The second kappa shape index (κ2) is 9.85. The molecule has 3 rings (SSSR count). The summed E-state index contributed by atoms with van der Waals surface area (Å²) in [7, 11) is -4.77. The number of hydrogen-bond donors (Lipinski definition) is 0. The smallest absolute Gasteiger partial charge is 0.406 e. The van der Waals surface area contributed by atoms with Crippen molar-refractivity contribution in [3.05, 3.63) is 81.3 Å². The summed E-state index contributed by atoms with van der Waals surface area (Å²) in [6.45, 7) is 0. The van der Waals surface area contributed by atoms with Crippen LogP contribution in [0.4, 0.5) is 43.4 Å². The third-order valence-corrected chi connectivity index (χ3v) is 6.50. The van der Waals surface area contributed by atoms with Crippen LogP contribution in [0.3, 0.4) is 0 Å². The minimum absolute atomic E-state index is 0.220. The van der Waals surface area contributed by atoms with Crippen molar-refractivity contribution in [2.75, 3.05) is 4.31 Å². The maximum atomic E-state index is 13.5. The van der Waals surface area contributed by atoms with E-state index in [1.165, 1.54) is 6.07 Å². The number of alkyl halides is 6. The summed E-state index contributed by atoms with van der Waals surface area (Å²) in [6.07, 6.45) is -10.1. The van der Waals surface area contributed by atoms with Crippen LogP contribution in [0, 0.1) is 10.1 Å². The van der Waals surface area contributed by atoms with Crippen molar-refractivity contribution in [1.82, 2.24) is 0 Å². The first-order valence-corrected chi connectivity index (χ1v) is 11.5. The normalized spacial score (nSPS) is 12.2. The monoisotopic (exact) mass is 600 g/mol. The Hall–Kier alpha value is -3.53. The SMILES string of the molecule is O=[N+]([O-])c1cc(Br)ccc1N(c1ccc(OC(F)(F)F)cc1)S(=O)(=O)c1ccc(OC(F)(F)F)cc1. The van der Waals surface area contributed by atoms with Gasteiger partial charge in [0.2, 0.25) is 0 Å². The third-order valence-electron chi connectivity index (χ3n) is 4.25. The molecule has 3 aromatic rings. The van der Waals surface area contributed by atoms with Crippen molar-refractivity contribution in [3.63, 3.8) is 0 Å². The minimum Gasteiger partial charge on any atom is -0.406 e. The van der Waals surface area contributed by atoms with Gasteiger partial charge in [-0.2, -0.15) is 0 Å². The molecule has 0 heterocycles. The summed E-state index contributed by atoms with van der Waals surface area (Å²) in [5, 5.41) is 11.7. The Labute approximate surface area is 207 Å². The largest absolute Gasteiger partial charge is 0.573 e. The molecule has 0 radical (unpaired) electrons. The van der Waals surface area contributed by atoms with Gasteiger partial charge in [-0.15, -0.1) is 26.3 Å². The Bertz CT molecular complexity index is 1360. The quantitative estimate of drug-likeness (QED) is 0.170. The van der Waals surface area contributed by atoms with Gasteiger partial charge in [0.15, 0.2) is 0 Å². The summed E-state index contributed by atoms with van der Waals surface area (Å²) in [6, 6.07) is 9.73. The number of nitro benzene ring substituents is 1. The van der Waals surface area contributed by atoms with Gasteiger partial charge in [-0.1, -0.05) is 15.9 Å². The molecule has 0 aliphatic heterocycles. The van der Waals surface area contributed by atoms with Crippen LogP contribution in [0.25, 0.3) is 0 Å². The number of nitro groups is 1. The molecule has 0 atom stereocenters. The number of nitrogens with zero attached hydrogens (tertiary/aromatic N) is 2. The Morgan fingerprint density at radius 2 is 1.28 bits per heavy atom. The van der Waals surface area contributed by atoms with E-state index in [9.17, 15) is 44.9 Å². The second-order valence-corrected chi connectivity index (χ2v) is 9.42. The van der Waals surface area contributed by atoms with Crippen molar-refractivity contribution in [3.8, 4) is 11.5 Å². The zero-order chi connectivity index (χ0) is 26.9. The molecule has 0 aliphatic carbocycles. The highest BCUT2D eigenvalue weighted by atomic mass is 79.9. The van der Waals surface area contributed by atoms with Gasteiger partial charge >= 0.3 is 12.7 Å². The van der Waals surface area contributed by atoms with Crippen molar-refractivity contribution < 1.29 is 49.2 Å². The van der Waals surface area contributed by atoms with Crippen LogP contribution in [-0.4, -0.2) is 26.1 Å². The predicted molar refractivity (Wildman–Crippen MR) is 116 cm³/mol. The highest BCUT2D eigenvalue weighted by Crippen LogP contribution is 2.40. The number of rotatable bonds is 7. The van der Waals surface area contributed by atoms with E-state index in [0.29, 0.717) is 4.31 Å². The number of sulfonamides is 1. The molecule has 0 fully saturated rings. The zero-order valence-corrected chi connectivity index (χ0v) is 19.7. The number of anilines is 2. The summed E-state index contributed by atoms with van der Waals surface area (Å²) < 4.78 is 110. The molecule has 0 saturated heterocycles. The number of benzene rings is 3. The topological polar surface area (TPSA) is 99.0 Å². The molecule has 0 spiro atoms. The maximum absolute atomic E-state index is 13.5. The molecular formula is C20H11BrF6N2O6S. The standard InChI is InChI=1S/C20H11BrF6N2O6S/c21-12-1-10-17(18(11-12)29(30)31)28(13-2-4-14(5-3-13)34-19(22,23)24)36(32,33)16-8-6-15(7-9-16)35-20(25,26)27/h1-11H. The summed E-state index contributed by atoms with van der Waals surface area (Å²) in [5.41, 5.74) is -1.52. The molecule has 192 valence electrons. The fraction of sp³-hybridized carbons (Fsp3) is 0.100. The van der Waals surface area contributed by atoms with Gasteiger partial charge in [0.25, 0.3) is 15.7 Å². The van der Waals surface area contributed by atoms with E-state index in [-0.39, 0.29) is 10.2 Å². The summed E-state index contributed by atoms with van der Waals surface area (Å²) in [4.78, 5) is 10.2. The van der Waals surface area contributed by atoms with Crippen molar-refractivity contribution in [1.29, 1.82) is 0 Å². The van der Waals surface area contributed by atoms with Crippen molar-refractivity contribution >= 4 is 43.0 Å². The van der Waals surface area contributed by atoms with E-state index in [4.69, 9.17) is 0 Å². The van der Waals surface area contributed by atoms with Crippen LogP contribution in [0.2, 0.25) is 0 Å². The lowest BCUT2D eigenvalue weighted by Gasteiger charge is -2.25. The number of hydrogen-bond acceptors (Lipinski definition) is 6. The lowest BCUT2D eigenvalue weighted by Crippen LogP contribution is -2.27. The van der Waals surface area contributed by atoms with Crippen LogP contribution in [-0.2, 0) is 10.0 Å². The van der Waals surface area contributed by atoms with Gasteiger partial charge in [0, 0.05) is 10.5 Å². The van der Waals surface area contributed by atoms with E-state index >= 15 is 0 Å². The maximum Gasteiger partial charge on any atom is 0.573 e. The fourth-order valence-corrected chi connectivity index (χ4v) is 4.78. The molecule has 0 unspecified atom stereocenters. The van der Waals surface area contributed by atoms with Gasteiger partial charge in [-0.3, -0.25) is 10.1 Å². The van der Waals surface area contributed by atoms with E-state index in [1.807, 2.05) is 0 Å². The predicted octanol–water partition coefficient (Wildman–Crippen LogP) is 6.68. The number of ether oxygens (including phenoxy) is 2. The van der Waals surface area contributed by atoms with E-state index < -0.39 is 55.4 Å². The van der Waals surface area contributed by atoms with E-state index in [2.05, 4.69) is 25.4 Å². The van der Waals surface area contributed by atoms with Gasteiger partial charge in [0.1, 0.15) is 17.2 Å². The molecule has 0 saturated carbocycles. The molecule has 36 heavy (non-hydrogen) atoms. The Balaban J connectivity index is 2.16. The first-order valence-electron chi connectivity index (χ1n) is 9.28. The second-order valence-electron chi connectivity index (χ2n) is 6.72. The minimum atomic E-state index is -5.04. The van der Waals surface area contributed by atoms with Gasteiger partial charge in [-0.05, 0) is 60.7 Å². The third kappa shape index (κ3) is 6.57. The molecule has 0 aliphatic rings. The highest BCUT2D eigenvalue weighted by molar-refractivity contribution is 9.10. The first kappa shape index (κ1) is 27.1. The zero-order valence-electron chi connectivity index (χ0n) is 17.2. The molecule has 16 heteroatoms. The van der Waals surface area contributed by atoms with E-state index in [0.717, 1.165) is 60.7 Å². The average Bonchev–Trinajstić information content (AvgIpc) is 2.74.